The third kappa shape index (κ3) is 4.37. The zero-order valence-electron chi connectivity index (χ0n) is 16.0. The van der Waals surface area contributed by atoms with Gasteiger partial charge in [0.15, 0.2) is 0 Å². The molecule has 1 amide bonds. The normalized spacial score (nSPS) is 12.5. The summed E-state index contributed by atoms with van der Waals surface area (Å²) in [4.78, 5) is 16.3. The van der Waals surface area contributed by atoms with Crippen molar-refractivity contribution in [3.8, 4) is 0 Å². The van der Waals surface area contributed by atoms with Gasteiger partial charge in [-0.1, -0.05) is 43.3 Å². The molecule has 2 aromatic carbocycles. The molecule has 0 radical (unpaired) electrons. The lowest BCUT2D eigenvalue weighted by molar-refractivity contribution is -0.132. The van der Waals surface area contributed by atoms with Crippen molar-refractivity contribution >= 4 is 16.9 Å². The van der Waals surface area contributed by atoms with Crippen molar-refractivity contribution in [3.63, 3.8) is 0 Å². The van der Waals surface area contributed by atoms with Gasteiger partial charge in [0.1, 0.15) is 17.2 Å². The number of furan rings is 1. The Bertz CT molecular complexity index is 888. The van der Waals surface area contributed by atoms with Crippen molar-refractivity contribution in [1.29, 1.82) is 0 Å². The van der Waals surface area contributed by atoms with Crippen molar-refractivity contribution in [2.75, 3.05) is 20.1 Å². The van der Waals surface area contributed by atoms with Crippen LogP contribution < -0.4 is 0 Å². The van der Waals surface area contributed by atoms with Gasteiger partial charge in [0.2, 0.25) is 5.91 Å². The number of para-hydroxylation sites is 1. The van der Waals surface area contributed by atoms with E-state index in [0.29, 0.717) is 12.1 Å². The average molecular weight is 368 g/mol. The number of carbonyl (C=O) groups is 1. The summed E-state index contributed by atoms with van der Waals surface area (Å²) in [7, 11) is 1.70. The Kier molecular flexibility index (Phi) is 5.91. The molecule has 1 heterocycles. The third-order valence-corrected chi connectivity index (χ3v) is 4.94. The maximum Gasteiger partial charge on any atom is 0.236 e. The van der Waals surface area contributed by atoms with E-state index in [1.807, 2.05) is 44.2 Å². The molecular weight excluding hydrogens is 343 g/mol. The summed E-state index contributed by atoms with van der Waals surface area (Å²) >= 11 is 0. The van der Waals surface area contributed by atoms with Crippen molar-refractivity contribution in [2.24, 2.45) is 0 Å². The van der Waals surface area contributed by atoms with E-state index >= 15 is 0 Å². The maximum atomic E-state index is 13.8. The van der Waals surface area contributed by atoms with Gasteiger partial charge in [0.25, 0.3) is 0 Å². The molecule has 0 N–H and O–H groups in total. The molecule has 0 saturated heterocycles. The Balaban J connectivity index is 1.68. The molecule has 0 spiro atoms. The zero-order valence-corrected chi connectivity index (χ0v) is 16.0. The van der Waals surface area contributed by atoms with Crippen LogP contribution >= 0.6 is 0 Å². The van der Waals surface area contributed by atoms with E-state index in [9.17, 15) is 9.18 Å². The molecule has 142 valence electrons. The predicted molar refractivity (Wildman–Crippen MR) is 105 cm³/mol. The van der Waals surface area contributed by atoms with Crippen LogP contribution in [0.3, 0.4) is 0 Å². The average Bonchev–Trinajstić information content (AvgIpc) is 3.11. The number of hydrogen-bond donors (Lipinski definition) is 0. The predicted octanol–water partition coefficient (Wildman–Crippen LogP) is 4.61. The molecule has 0 bridgehead atoms. The van der Waals surface area contributed by atoms with E-state index in [1.165, 1.54) is 6.07 Å². The van der Waals surface area contributed by atoms with Crippen LogP contribution in [0.25, 0.3) is 11.0 Å². The number of likely N-dealkylation sites (N-methyl/N-ethyl adjacent to an activating group) is 2. The highest BCUT2D eigenvalue weighted by Gasteiger charge is 2.22. The molecule has 1 aromatic heterocycles. The van der Waals surface area contributed by atoms with Gasteiger partial charge in [-0.2, -0.15) is 0 Å². The standard InChI is InChI=1S/C22H25FN2O2/c1-4-25(16(2)21-13-17-9-6-8-12-20(17)27-21)15-22(26)24(3)14-18-10-5-7-11-19(18)23/h5-13,16H,4,14-15H2,1-3H3. The summed E-state index contributed by atoms with van der Waals surface area (Å²) in [5.74, 6) is 0.491. The lowest BCUT2D eigenvalue weighted by atomic mass is 10.2. The minimum atomic E-state index is -0.292. The van der Waals surface area contributed by atoms with Gasteiger partial charge >= 0.3 is 0 Å². The van der Waals surface area contributed by atoms with E-state index in [1.54, 1.807) is 30.1 Å². The van der Waals surface area contributed by atoms with Gasteiger partial charge in [-0.05, 0) is 31.7 Å². The zero-order chi connectivity index (χ0) is 19.4. The number of fused-ring (bicyclic) bond motifs is 1. The Morgan fingerprint density at radius 1 is 1.15 bits per heavy atom. The van der Waals surface area contributed by atoms with Gasteiger partial charge in [-0.15, -0.1) is 0 Å². The number of carbonyl (C=O) groups excluding carboxylic acids is 1. The second-order valence-electron chi connectivity index (χ2n) is 6.77. The Labute approximate surface area is 159 Å². The number of nitrogens with zero attached hydrogens (tertiary/aromatic N) is 2. The molecule has 0 aliphatic heterocycles. The second-order valence-corrected chi connectivity index (χ2v) is 6.77. The first-order valence-electron chi connectivity index (χ1n) is 9.19. The molecule has 4 nitrogen and oxygen atoms in total. The Hall–Kier alpha value is -2.66. The first-order chi connectivity index (χ1) is 13.0. The molecule has 1 unspecified atom stereocenters. The van der Waals surface area contributed by atoms with Gasteiger partial charge < -0.3 is 9.32 Å². The van der Waals surface area contributed by atoms with E-state index in [2.05, 4.69) is 4.90 Å². The van der Waals surface area contributed by atoms with Crippen molar-refractivity contribution in [3.05, 3.63) is 71.7 Å². The summed E-state index contributed by atoms with van der Waals surface area (Å²) < 4.78 is 19.8. The minimum Gasteiger partial charge on any atom is -0.459 e. The molecule has 0 aliphatic carbocycles. The first-order valence-corrected chi connectivity index (χ1v) is 9.19. The summed E-state index contributed by atoms with van der Waals surface area (Å²) in [5, 5.41) is 1.05. The molecule has 0 fully saturated rings. The number of benzene rings is 2. The third-order valence-electron chi connectivity index (χ3n) is 4.94. The van der Waals surface area contributed by atoms with Crippen molar-refractivity contribution in [2.45, 2.75) is 26.4 Å². The largest absolute Gasteiger partial charge is 0.459 e. The summed E-state index contributed by atoms with van der Waals surface area (Å²) in [6, 6.07) is 16.4. The lowest BCUT2D eigenvalue weighted by Gasteiger charge is -2.28. The summed E-state index contributed by atoms with van der Waals surface area (Å²) in [5.41, 5.74) is 1.36. The van der Waals surface area contributed by atoms with E-state index in [0.717, 1.165) is 16.7 Å². The van der Waals surface area contributed by atoms with Gasteiger partial charge in [-0.3, -0.25) is 9.69 Å². The number of halogens is 1. The fourth-order valence-electron chi connectivity index (χ4n) is 3.18. The Morgan fingerprint density at radius 3 is 2.56 bits per heavy atom. The monoisotopic (exact) mass is 368 g/mol. The highest BCUT2D eigenvalue weighted by atomic mass is 19.1. The smallest absolute Gasteiger partial charge is 0.236 e. The highest BCUT2D eigenvalue weighted by molar-refractivity contribution is 5.79. The molecule has 1 atom stereocenters. The number of amides is 1. The number of hydrogen-bond acceptors (Lipinski definition) is 3. The fraction of sp³-hybridized carbons (Fsp3) is 0.318. The van der Waals surface area contributed by atoms with Crippen LogP contribution in [0.15, 0.2) is 59.0 Å². The molecule has 0 saturated carbocycles. The van der Waals surface area contributed by atoms with E-state index in [-0.39, 0.29) is 30.9 Å². The SMILES string of the molecule is CCN(CC(=O)N(C)Cc1ccccc1F)C(C)c1cc2ccccc2o1. The highest BCUT2D eigenvalue weighted by Crippen LogP contribution is 2.27. The van der Waals surface area contributed by atoms with Gasteiger partial charge in [-0.25, -0.2) is 4.39 Å². The second kappa shape index (κ2) is 8.35. The van der Waals surface area contributed by atoms with Crippen LogP contribution in [0.2, 0.25) is 0 Å². The van der Waals surface area contributed by atoms with Gasteiger partial charge in [0, 0.05) is 24.5 Å². The summed E-state index contributed by atoms with van der Waals surface area (Å²) in [6.45, 7) is 5.26. The number of rotatable bonds is 7. The molecule has 27 heavy (non-hydrogen) atoms. The molecule has 3 aromatic rings. The van der Waals surface area contributed by atoms with Crippen LogP contribution in [0.5, 0.6) is 0 Å². The van der Waals surface area contributed by atoms with Crippen molar-refractivity contribution < 1.29 is 13.6 Å². The van der Waals surface area contributed by atoms with E-state index in [4.69, 9.17) is 4.42 Å². The van der Waals surface area contributed by atoms with Crippen molar-refractivity contribution in [1.82, 2.24) is 9.80 Å². The van der Waals surface area contributed by atoms with Gasteiger partial charge in [0.05, 0.1) is 12.6 Å². The molecule has 0 aliphatic rings. The van der Waals surface area contributed by atoms with Crippen LogP contribution in [0, 0.1) is 5.82 Å². The van der Waals surface area contributed by atoms with Crippen LogP contribution in [-0.4, -0.2) is 35.8 Å². The minimum absolute atomic E-state index is 0.0341. The first kappa shape index (κ1) is 19.1. The molecule has 3 rings (SSSR count). The lowest BCUT2D eigenvalue weighted by Crippen LogP contribution is -2.39. The fourth-order valence-corrected chi connectivity index (χ4v) is 3.18. The molecular formula is C22H25FN2O2. The molecule has 5 heteroatoms. The summed E-state index contributed by atoms with van der Waals surface area (Å²) in [6.07, 6.45) is 0. The topological polar surface area (TPSA) is 36.7 Å². The van der Waals surface area contributed by atoms with Crippen LogP contribution in [0.4, 0.5) is 4.39 Å². The quantitative estimate of drug-likeness (QED) is 0.611. The Morgan fingerprint density at radius 2 is 1.85 bits per heavy atom. The van der Waals surface area contributed by atoms with Crippen LogP contribution in [0.1, 0.15) is 31.2 Å². The maximum absolute atomic E-state index is 13.8. The van der Waals surface area contributed by atoms with E-state index < -0.39 is 0 Å². The van der Waals surface area contributed by atoms with Crippen LogP contribution in [-0.2, 0) is 11.3 Å².